The highest BCUT2D eigenvalue weighted by Crippen LogP contribution is 2.15. The van der Waals surface area contributed by atoms with Crippen LogP contribution in [0, 0.1) is 20.8 Å². The van der Waals surface area contributed by atoms with E-state index in [-0.39, 0.29) is 5.97 Å². The maximum atomic E-state index is 11.2. The van der Waals surface area contributed by atoms with E-state index in [0.29, 0.717) is 5.56 Å². The first-order valence-corrected chi connectivity index (χ1v) is 4.09. The van der Waals surface area contributed by atoms with Crippen LogP contribution in [0.4, 0.5) is 0 Å². The molecule has 13 heavy (non-hydrogen) atoms. The van der Waals surface area contributed by atoms with Gasteiger partial charge in [0.25, 0.3) is 0 Å². The summed E-state index contributed by atoms with van der Waals surface area (Å²) in [5.74, 6) is -0.326. The van der Waals surface area contributed by atoms with Gasteiger partial charge in [0.2, 0.25) is 0 Å². The second-order valence-electron chi connectivity index (χ2n) is 3.00. The lowest BCUT2D eigenvalue weighted by Gasteiger charge is -2.07. The fourth-order valence-corrected chi connectivity index (χ4v) is 1.14. The summed E-state index contributed by atoms with van der Waals surface area (Å²) in [5, 5.41) is 0. The Labute approximate surface area is 77.8 Å². The average Bonchev–Trinajstić information content (AvgIpc) is 2.13. The summed E-state index contributed by atoms with van der Waals surface area (Å²) < 4.78 is 4.63. The number of rotatable bonds is 1. The van der Waals surface area contributed by atoms with E-state index < -0.39 is 0 Å². The summed E-state index contributed by atoms with van der Waals surface area (Å²) in [6.45, 7) is 5.77. The van der Waals surface area contributed by atoms with Gasteiger partial charge in [0.05, 0.1) is 12.7 Å². The van der Waals surface area contributed by atoms with Crippen LogP contribution in [0.3, 0.4) is 0 Å². The molecule has 0 amide bonds. The second-order valence-corrected chi connectivity index (χ2v) is 3.00. The number of esters is 1. The Morgan fingerprint density at radius 3 is 2.46 bits per heavy atom. The molecule has 0 aliphatic rings. The van der Waals surface area contributed by atoms with Crippen LogP contribution in [0.1, 0.15) is 27.2 Å². The molecule has 1 aromatic rings. The Hall–Kier alpha value is -1.38. The number of aromatic nitrogens is 1. The standard InChI is InChI=1S/C10H13NO2/c1-6-7(2)9(10(12)13-4)5-11-8(6)3/h5H,1-4H3. The molecule has 1 heterocycles. The molecule has 0 saturated heterocycles. The lowest BCUT2D eigenvalue weighted by atomic mass is 10.0. The van der Waals surface area contributed by atoms with Crippen molar-refractivity contribution >= 4 is 5.97 Å². The van der Waals surface area contributed by atoms with E-state index in [9.17, 15) is 4.79 Å². The van der Waals surface area contributed by atoms with Crippen molar-refractivity contribution in [2.24, 2.45) is 0 Å². The van der Waals surface area contributed by atoms with Crippen molar-refractivity contribution in [1.82, 2.24) is 4.98 Å². The number of carbonyl (C=O) groups is 1. The number of hydrogen-bond acceptors (Lipinski definition) is 3. The molecule has 0 aliphatic heterocycles. The first-order valence-electron chi connectivity index (χ1n) is 4.09. The molecule has 0 spiro atoms. The summed E-state index contributed by atoms with van der Waals surface area (Å²) in [6, 6.07) is 0. The molecule has 0 saturated carbocycles. The smallest absolute Gasteiger partial charge is 0.339 e. The van der Waals surface area contributed by atoms with Crippen molar-refractivity contribution in [2.75, 3.05) is 7.11 Å². The number of aryl methyl sites for hydroxylation is 1. The minimum Gasteiger partial charge on any atom is -0.465 e. The molecule has 3 nitrogen and oxygen atoms in total. The van der Waals surface area contributed by atoms with Gasteiger partial charge in [-0.05, 0) is 31.9 Å². The van der Waals surface area contributed by atoms with Gasteiger partial charge < -0.3 is 4.74 Å². The van der Waals surface area contributed by atoms with Gasteiger partial charge in [-0.1, -0.05) is 0 Å². The molecule has 0 unspecified atom stereocenters. The van der Waals surface area contributed by atoms with Gasteiger partial charge in [0.15, 0.2) is 0 Å². The predicted molar refractivity (Wildman–Crippen MR) is 49.8 cm³/mol. The van der Waals surface area contributed by atoms with Gasteiger partial charge in [-0.25, -0.2) is 4.79 Å². The Bertz CT molecular complexity index is 345. The molecule has 0 bridgehead atoms. The molecule has 0 fully saturated rings. The Balaban J connectivity index is 3.26. The third-order valence-corrected chi connectivity index (χ3v) is 2.30. The van der Waals surface area contributed by atoms with Gasteiger partial charge in [0, 0.05) is 11.9 Å². The van der Waals surface area contributed by atoms with E-state index in [1.807, 2.05) is 20.8 Å². The maximum Gasteiger partial charge on any atom is 0.339 e. The van der Waals surface area contributed by atoms with E-state index >= 15 is 0 Å². The molecular weight excluding hydrogens is 166 g/mol. The van der Waals surface area contributed by atoms with Crippen LogP contribution >= 0.6 is 0 Å². The maximum absolute atomic E-state index is 11.2. The summed E-state index contributed by atoms with van der Waals surface area (Å²) in [4.78, 5) is 15.3. The second kappa shape index (κ2) is 3.56. The molecule has 3 heteroatoms. The highest BCUT2D eigenvalue weighted by Gasteiger charge is 2.11. The first kappa shape index (κ1) is 9.71. The van der Waals surface area contributed by atoms with Crippen LogP contribution < -0.4 is 0 Å². The third kappa shape index (κ3) is 1.69. The monoisotopic (exact) mass is 179 g/mol. The number of methoxy groups -OCH3 is 1. The minimum atomic E-state index is -0.326. The van der Waals surface area contributed by atoms with E-state index in [1.165, 1.54) is 7.11 Å². The zero-order chi connectivity index (χ0) is 10.0. The van der Waals surface area contributed by atoms with Crippen LogP contribution in [0.25, 0.3) is 0 Å². The Kier molecular flexibility index (Phi) is 2.66. The molecule has 0 N–H and O–H groups in total. The lowest BCUT2D eigenvalue weighted by Crippen LogP contribution is -2.07. The van der Waals surface area contributed by atoms with E-state index in [0.717, 1.165) is 16.8 Å². The largest absolute Gasteiger partial charge is 0.465 e. The zero-order valence-corrected chi connectivity index (χ0v) is 8.34. The van der Waals surface area contributed by atoms with Gasteiger partial charge in [0.1, 0.15) is 0 Å². The van der Waals surface area contributed by atoms with Gasteiger partial charge in [-0.3, -0.25) is 4.98 Å². The SMILES string of the molecule is COC(=O)c1cnc(C)c(C)c1C. The van der Waals surface area contributed by atoms with Gasteiger partial charge >= 0.3 is 5.97 Å². The van der Waals surface area contributed by atoms with Crippen molar-refractivity contribution < 1.29 is 9.53 Å². The summed E-state index contributed by atoms with van der Waals surface area (Å²) in [6.07, 6.45) is 1.56. The third-order valence-electron chi connectivity index (χ3n) is 2.30. The van der Waals surface area contributed by atoms with Crippen LogP contribution in [-0.2, 0) is 4.74 Å². The zero-order valence-electron chi connectivity index (χ0n) is 8.34. The molecule has 1 rings (SSSR count). The summed E-state index contributed by atoms with van der Waals surface area (Å²) in [5.41, 5.74) is 3.48. The Morgan fingerprint density at radius 2 is 1.92 bits per heavy atom. The number of carbonyl (C=O) groups excluding carboxylic acids is 1. The molecule has 0 aromatic carbocycles. The topological polar surface area (TPSA) is 39.2 Å². The van der Waals surface area contributed by atoms with Crippen molar-refractivity contribution in [3.63, 3.8) is 0 Å². The molecule has 70 valence electrons. The van der Waals surface area contributed by atoms with Gasteiger partial charge in [-0.2, -0.15) is 0 Å². The van der Waals surface area contributed by atoms with Crippen LogP contribution in [-0.4, -0.2) is 18.1 Å². The van der Waals surface area contributed by atoms with Crippen molar-refractivity contribution in [2.45, 2.75) is 20.8 Å². The van der Waals surface area contributed by atoms with Crippen LogP contribution in [0.2, 0.25) is 0 Å². The quantitative estimate of drug-likeness (QED) is 0.617. The normalized spacial score (nSPS) is 9.85. The summed E-state index contributed by atoms with van der Waals surface area (Å²) >= 11 is 0. The molecular formula is C10H13NO2. The number of nitrogens with zero attached hydrogens (tertiary/aromatic N) is 1. The first-order chi connectivity index (χ1) is 6.07. The van der Waals surface area contributed by atoms with Crippen molar-refractivity contribution in [1.29, 1.82) is 0 Å². The van der Waals surface area contributed by atoms with E-state index in [4.69, 9.17) is 0 Å². The predicted octanol–water partition coefficient (Wildman–Crippen LogP) is 1.79. The Morgan fingerprint density at radius 1 is 1.31 bits per heavy atom. The fourth-order valence-electron chi connectivity index (χ4n) is 1.14. The molecule has 0 radical (unpaired) electrons. The molecule has 0 aliphatic carbocycles. The number of pyridine rings is 1. The fraction of sp³-hybridized carbons (Fsp3) is 0.400. The molecule has 1 aromatic heterocycles. The number of hydrogen-bond donors (Lipinski definition) is 0. The molecule has 0 atom stereocenters. The van der Waals surface area contributed by atoms with Crippen LogP contribution in [0.5, 0.6) is 0 Å². The van der Waals surface area contributed by atoms with Crippen LogP contribution in [0.15, 0.2) is 6.20 Å². The van der Waals surface area contributed by atoms with Crippen molar-refractivity contribution in [3.8, 4) is 0 Å². The highest BCUT2D eigenvalue weighted by molar-refractivity contribution is 5.90. The van der Waals surface area contributed by atoms with Gasteiger partial charge in [-0.15, -0.1) is 0 Å². The number of ether oxygens (including phenoxy) is 1. The highest BCUT2D eigenvalue weighted by atomic mass is 16.5. The van der Waals surface area contributed by atoms with Crippen molar-refractivity contribution in [3.05, 3.63) is 28.6 Å². The average molecular weight is 179 g/mol. The van der Waals surface area contributed by atoms with E-state index in [1.54, 1.807) is 6.20 Å². The summed E-state index contributed by atoms with van der Waals surface area (Å²) in [7, 11) is 1.37. The lowest BCUT2D eigenvalue weighted by molar-refractivity contribution is 0.0599. The van der Waals surface area contributed by atoms with E-state index in [2.05, 4.69) is 9.72 Å². The minimum absolute atomic E-state index is 0.326.